The van der Waals surface area contributed by atoms with Crippen LogP contribution in [0.25, 0.3) is 0 Å². The molecule has 2 rings (SSSR count). The van der Waals surface area contributed by atoms with Crippen molar-refractivity contribution >= 4 is 17.2 Å². The second-order valence-electron chi connectivity index (χ2n) is 7.45. The first kappa shape index (κ1) is 18.3. The maximum absolute atomic E-state index is 12.2. The standard InChI is InChI=1S/C19H29NO2S/c1-18(2,3)23(21)20-16-19(11-7-8-12-19)13-14-22-15-17-9-5-4-6-10-17/h4-6,9-10,16H,7-8,11-15H2,1-3H3. The summed E-state index contributed by atoms with van der Waals surface area (Å²) in [6.07, 6.45) is 7.66. The molecular formula is C19H29NO2S. The van der Waals surface area contributed by atoms with E-state index in [9.17, 15) is 4.21 Å². The van der Waals surface area contributed by atoms with Gasteiger partial charge in [-0.05, 0) is 45.6 Å². The fourth-order valence-corrected chi connectivity index (χ4v) is 3.52. The Morgan fingerprint density at radius 3 is 2.48 bits per heavy atom. The molecule has 23 heavy (non-hydrogen) atoms. The molecule has 3 nitrogen and oxygen atoms in total. The first-order chi connectivity index (χ1) is 10.9. The Hall–Kier alpha value is -1.00. The van der Waals surface area contributed by atoms with Crippen molar-refractivity contribution in [3.63, 3.8) is 0 Å². The summed E-state index contributed by atoms with van der Waals surface area (Å²) in [7, 11) is -1.17. The quantitative estimate of drug-likeness (QED) is 0.536. The van der Waals surface area contributed by atoms with E-state index < -0.39 is 11.0 Å². The minimum Gasteiger partial charge on any atom is -0.377 e. The Kier molecular flexibility index (Phi) is 6.54. The van der Waals surface area contributed by atoms with Gasteiger partial charge in [0.2, 0.25) is 0 Å². The summed E-state index contributed by atoms with van der Waals surface area (Å²) in [4.78, 5) is 0. The van der Waals surface area contributed by atoms with Gasteiger partial charge in [-0.15, -0.1) is 0 Å². The monoisotopic (exact) mass is 335 g/mol. The van der Waals surface area contributed by atoms with Crippen LogP contribution in [-0.2, 0) is 22.3 Å². The van der Waals surface area contributed by atoms with E-state index in [1.54, 1.807) is 0 Å². The second kappa shape index (κ2) is 8.20. The number of rotatable bonds is 7. The van der Waals surface area contributed by atoms with E-state index in [-0.39, 0.29) is 10.2 Å². The van der Waals surface area contributed by atoms with Gasteiger partial charge in [0, 0.05) is 18.2 Å². The molecule has 1 aliphatic rings. The van der Waals surface area contributed by atoms with Crippen molar-refractivity contribution in [3.05, 3.63) is 35.9 Å². The third-order valence-corrected chi connectivity index (χ3v) is 5.75. The van der Waals surface area contributed by atoms with E-state index in [2.05, 4.69) is 16.5 Å². The Morgan fingerprint density at radius 1 is 1.22 bits per heavy atom. The average Bonchev–Trinajstić information content (AvgIpc) is 2.99. The highest BCUT2D eigenvalue weighted by Gasteiger charge is 2.32. The van der Waals surface area contributed by atoms with Crippen molar-refractivity contribution in [1.82, 2.24) is 0 Å². The molecule has 0 bridgehead atoms. The molecule has 4 heteroatoms. The van der Waals surface area contributed by atoms with Crippen molar-refractivity contribution in [2.24, 2.45) is 9.81 Å². The minimum atomic E-state index is -1.17. The zero-order valence-electron chi connectivity index (χ0n) is 14.6. The van der Waals surface area contributed by atoms with Crippen LogP contribution in [-0.4, -0.2) is 21.8 Å². The third-order valence-electron chi connectivity index (χ3n) is 4.40. The summed E-state index contributed by atoms with van der Waals surface area (Å²) in [6, 6.07) is 10.2. The second-order valence-corrected chi connectivity index (χ2v) is 9.39. The molecule has 0 saturated heterocycles. The molecule has 128 valence electrons. The van der Waals surface area contributed by atoms with Crippen molar-refractivity contribution in [1.29, 1.82) is 0 Å². The Labute approximate surface area is 143 Å². The number of hydrogen-bond acceptors (Lipinski definition) is 2. The van der Waals surface area contributed by atoms with Gasteiger partial charge in [-0.2, -0.15) is 4.40 Å². The predicted molar refractivity (Wildman–Crippen MR) is 98.0 cm³/mol. The third kappa shape index (κ3) is 5.85. The average molecular weight is 336 g/mol. The Bertz CT molecular complexity index is 528. The van der Waals surface area contributed by atoms with Crippen molar-refractivity contribution < 1.29 is 8.95 Å². The SMILES string of the molecule is CC(C)(C)S(=O)N=CC1(CCOCc2ccccc2)CCCC1. The van der Waals surface area contributed by atoms with E-state index in [0.29, 0.717) is 6.61 Å². The highest BCUT2D eigenvalue weighted by atomic mass is 32.2. The zero-order chi connectivity index (χ0) is 16.8. The molecule has 1 fully saturated rings. The fourth-order valence-electron chi connectivity index (χ4n) is 2.88. The van der Waals surface area contributed by atoms with E-state index in [0.717, 1.165) is 25.9 Å². The van der Waals surface area contributed by atoms with Crippen molar-refractivity contribution in [2.45, 2.75) is 64.2 Å². The summed E-state index contributed by atoms with van der Waals surface area (Å²) in [5.74, 6) is 0. The number of hydrogen-bond donors (Lipinski definition) is 0. The molecule has 0 radical (unpaired) electrons. The molecular weight excluding hydrogens is 306 g/mol. The van der Waals surface area contributed by atoms with Gasteiger partial charge in [-0.1, -0.05) is 43.2 Å². The lowest BCUT2D eigenvalue weighted by Gasteiger charge is -2.24. The molecule has 0 spiro atoms. The molecule has 1 atom stereocenters. The first-order valence-corrected chi connectivity index (χ1v) is 9.61. The summed E-state index contributed by atoms with van der Waals surface area (Å²) >= 11 is 0. The molecule has 0 amide bonds. The van der Waals surface area contributed by atoms with Gasteiger partial charge in [-0.3, -0.25) is 0 Å². The lowest BCUT2D eigenvalue weighted by Crippen LogP contribution is -2.24. The van der Waals surface area contributed by atoms with Crippen LogP contribution in [0.4, 0.5) is 0 Å². The number of benzene rings is 1. The summed E-state index contributed by atoms with van der Waals surface area (Å²) in [5, 5.41) is 0. The lowest BCUT2D eigenvalue weighted by atomic mass is 9.84. The zero-order valence-corrected chi connectivity index (χ0v) is 15.4. The predicted octanol–water partition coefficient (Wildman–Crippen LogP) is 4.69. The normalized spacial score (nSPS) is 19.3. The van der Waals surface area contributed by atoms with Gasteiger partial charge >= 0.3 is 0 Å². The molecule has 1 aromatic rings. The van der Waals surface area contributed by atoms with Crippen LogP contribution in [0.2, 0.25) is 0 Å². The van der Waals surface area contributed by atoms with Crippen molar-refractivity contribution in [3.8, 4) is 0 Å². The van der Waals surface area contributed by atoms with Crippen molar-refractivity contribution in [2.75, 3.05) is 6.61 Å². The van der Waals surface area contributed by atoms with Crippen LogP contribution in [0.1, 0.15) is 58.4 Å². The van der Waals surface area contributed by atoms with Crippen LogP contribution in [0.15, 0.2) is 34.7 Å². The molecule has 0 aromatic heterocycles. The van der Waals surface area contributed by atoms with Gasteiger partial charge in [0.25, 0.3) is 0 Å². The van der Waals surface area contributed by atoms with Gasteiger partial charge < -0.3 is 4.74 Å². The van der Waals surface area contributed by atoms with Crippen LogP contribution in [0.3, 0.4) is 0 Å². The Morgan fingerprint density at radius 2 is 1.87 bits per heavy atom. The highest BCUT2D eigenvalue weighted by molar-refractivity contribution is 7.85. The highest BCUT2D eigenvalue weighted by Crippen LogP contribution is 2.39. The molecule has 0 heterocycles. The van der Waals surface area contributed by atoms with Crippen LogP contribution >= 0.6 is 0 Å². The topological polar surface area (TPSA) is 38.7 Å². The van der Waals surface area contributed by atoms with E-state index in [4.69, 9.17) is 4.74 Å². The lowest BCUT2D eigenvalue weighted by molar-refractivity contribution is 0.100. The fraction of sp³-hybridized carbons (Fsp3) is 0.632. The van der Waals surface area contributed by atoms with E-state index >= 15 is 0 Å². The van der Waals surface area contributed by atoms with Gasteiger partial charge in [0.15, 0.2) is 0 Å². The van der Waals surface area contributed by atoms with E-state index in [1.165, 1.54) is 18.4 Å². The number of ether oxygens (including phenoxy) is 1. The number of nitrogens with zero attached hydrogens (tertiary/aromatic N) is 1. The van der Waals surface area contributed by atoms with Crippen LogP contribution in [0.5, 0.6) is 0 Å². The summed E-state index contributed by atoms with van der Waals surface area (Å²) in [6.45, 7) is 7.27. The van der Waals surface area contributed by atoms with Crippen LogP contribution < -0.4 is 0 Å². The Balaban J connectivity index is 1.86. The van der Waals surface area contributed by atoms with Gasteiger partial charge in [0.1, 0.15) is 11.0 Å². The van der Waals surface area contributed by atoms with E-state index in [1.807, 2.05) is 45.2 Å². The van der Waals surface area contributed by atoms with Crippen LogP contribution in [0, 0.1) is 5.41 Å². The van der Waals surface area contributed by atoms with Gasteiger partial charge in [0.05, 0.1) is 11.4 Å². The molecule has 1 unspecified atom stereocenters. The molecule has 1 aromatic carbocycles. The summed E-state index contributed by atoms with van der Waals surface area (Å²) < 4.78 is 22.1. The minimum absolute atomic E-state index is 0.0810. The molecule has 1 aliphatic carbocycles. The molecule has 0 N–H and O–H groups in total. The van der Waals surface area contributed by atoms with Gasteiger partial charge in [-0.25, -0.2) is 4.21 Å². The largest absolute Gasteiger partial charge is 0.377 e. The smallest absolute Gasteiger partial charge is 0.144 e. The first-order valence-electron chi connectivity index (χ1n) is 8.50. The molecule has 0 aliphatic heterocycles. The summed E-state index contributed by atoms with van der Waals surface area (Å²) in [5.41, 5.74) is 1.29. The maximum Gasteiger partial charge on any atom is 0.144 e. The maximum atomic E-state index is 12.2. The molecule has 1 saturated carbocycles.